The molecule has 2 heterocycles. The van der Waals surface area contributed by atoms with Crippen LogP contribution in [-0.2, 0) is 5.75 Å². The zero-order valence-corrected chi connectivity index (χ0v) is 13.8. The molecule has 0 atom stereocenters. The number of fused-ring (bicyclic) bond motifs is 1. The molecule has 124 valence electrons. The van der Waals surface area contributed by atoms with Gasteiger partial charge in [0.15, 0.2) is 0 Å². The quantitative estimate of drug-likeness (QED) is 0.537. The molecule has 0 radical (unpaired) electrons. The van der Waals surface area contributed by atoms with E-state index in [4.69, 9.17) is 4.42 Å². The molecule has 0 unspecified atom stereocenters. The largest absolute Gasteiger partial charge is 0.507 e. The van der Waals surface area contributed by atoms with Gasteiger partial charge in [-0.25, -0.2) is 0 Å². The van der Waals surface area contributed by atoms with Crippen LogP contribution in [0.5, 0.6) is 11.5 Å². The maximum Gasteiger partial charge on any atom is 0.277 e. The molecule has 2 aromatic carbocycles. The minimum atomic E-state index is 0.0957. The smallest absolute Gasteiger partial charge is 0.277 e. The lowest BCUT2D eigenvalue weighted by atomic mass is 10.1. The van der Waals surface area contributed by atoms with Gasteiger partial charge >= 0.3 is 0 Å². The number of rotatable bonds is 4. The Bertz CT molecular complexity index is 1050. The van der Waals surface area contributed by atoms with Crippen LogP contribution in [-0.4, -0.2) is 25.4 Å². The van der Waals surface area contributed by atoms with E-state index in [2.05, 4.69) is 15.2 Å². The van der Waals surface area contributed by atoms with Crippen LogP contribution in [0.25, 0.3) is 22.4 Å². The van der Waals surface area contributed by atoms with Gasteiger partial charge in [0, 0.05) is 17.3 Å². The lowest BCUT2D eigenvalue weighted by Gasteiger charge is -2.05. The number of aromatic nitrogens is 3. The molecule has 0 spiro atoms. The van der Waals surface area contributed by atoms with E-state index in [1.807, 2.05) is 18.2 Å². The Labute approximate surface area is 147 Å². The second-order valence-corrected chi connectivity index (χ2v) is 6.25. The Morgan fingerprint density at radius 3 is 2.68 bits per heavy atom. The SMILES string of the molecule is Oc1ccccc1-c1nnc(SCc2ccc(O)c3ncccc23)o1. The molecule has 0 aliphatic carbocycles. The second-order valence-electron chi connectivity index (χ2n) is 5.32. The van der Waals surface area contributed by atoms with E-state index in [0.717, 1.165) is 10.9 Å². The molecule has 0 saturated carbocycles. The summed E-state index contributed by atoms with van der Waals surface area (Å²) in [6.45, 7) is 0. The average Bonchev–Trinajstić information content (AvgIpc) is 3.11. The molecule has 0 amide bonds. The first-order valence-electron chi connectivity index (χ1n) is 7.52. The molecule has 25 heavy (non-hydrogen) atoms. The first-order valence-corrected chi connectivity index (χ1v) is 8.51. The number of nitrogens with zero attached hydrogens (tertiary/aromatic N) is 3. The van der Waals surface area contributed by atoms with Crippen molar-refractivity contribution in [3.63, 3.8) is 0 Å². The van der Waals surface area contributed by atoms with Gasteiger partial charge in [-0.15, -0.1) is 10.2 Å². The molecule has 2 N–H and O–H groups in total. The molecule has 0 bridgehead atoms. The highest BCUT2D eigenvalue weighted by Crippen LogP contribution is 2.32. The van der Waals surface area contributed by atoms with E-state index in [1.54, 1.807) is 36.5 Å². The van der Waals surface area contributed by atoms with Gasteiger partial charge in [0.1, 0.15) is 17.0 Å². The summed E-state index contributed by atoms with van der Waals surface area (Å²) < 4.78 is 5.62. The van der Waals surface area contributed by atoms with Crippen molar-refractivity contribution in [3.05, 3.63) is 60.3 Å². The molecule has 0 saturated heterocycles. The molecule has 0 aliphatic heterocycles. The van der Waals surface area contributed by atoms with E-state index in [0.29, 0.717) is 22.1 Å². The Kier molecular flexibility index (Phi) is 3.99. The topological polar surface area (TPSA) is 92.3 Å². The van der Waals surface area contributed by atoms with Crippen molar-refractivity contribution >= 4 is 22.7 Å². The number of para-hydroxylation sites is 1. The minimum absolute atomic E-state index is 0.0957. The van der Waals surface area contributed by atoms with Crippen LogP contribution < -0.4 is 0 Å². The Morgan fingerprint density at radius 1 is 0.920 bits per heavy atom. The van der Waals surface area contributed by atoms with Gasteiger partial charge in [-0.2, -0.15) is 0 Å². The van der Waals surface area contributed by atoms with Gasteiger partial charge < -0.3 is 14.6 Å². The third-order valence-corrected chi connectivity index (χ3v) is 4.60. The van der Waals surface area contributed by atoms with Crippen LogP contribution in [0.4, 0.5) is 0 Å². The Hall–Kier alpha value is -3.06. The van der Waals surface area contributed by atoms with Crippen LogP contribution in [0.1, 0.15) is 5.56 Å². The molecule has 0 fully saturated rings. The van der Waals surface area contributed by atoms with Crippen molar-refractivity contribution < 1.29 is 14.6 Å². The van der Waals surface area contributed by atoms with Gasteiger partial charge in [0.05, 0.1) is 5.56 Å². The van der Waals surface area contributed by atoms with Crippen LogP contribution >= 0.6 is 11.8 Å². The number of aromatic hydroxyl groups is 2. The monoisotopic (exact) mass is 351 g/mol. The fraction of sp³-hybridized carbons (Fsp3) is 0.0556. The molecule has 6 nitrogen and oxygen atoms in total. The van der Waals surface area contributed by atoms with Crippen LogP contribution in [0.15, 0.2) is 64.4 Å². The maximum absolute atomic E-state index is 9.90. The van der Waals surface area contributed by atoms with Gasteiger partial charge in [0.2, 0.25) is 0 Å². The highest BCUT2D eigenvalue weighted by Gasteiger charge is 2.13. The summed E-state index contributed by atoms with van der Waals surface area (Å²) in [4.78, 5) is 4.21. The van der Waals surface area contributed by atoms with Crippen LogP contribution in [0.3, 0.4) is 0 Å². The van der Waals surface area contributed by atoms with Crippen molar-refractivity contribution in [2.75, 3.05) is 0 Å². The fourth-order valence-electron chi connectivity index (χ4n) is 2.51. The normalized spacial score (nSPS) is 11.0. The molecular weight excluding hydrogens is 338 g/mol. The highest BCUT2D eigenvalue weighted by molar-refractivity contribution is 7.98. The molecule has 0 aliphatic rings. The van der Waals surface area contributed by atoms with Gasteiger partial charge in [0.25, 0.3) is 11.1 Å². The van der Waals surface area contributed by atoms with Gasteiger partial charge in [-0.05, 0) is 29.8 Å². The highest BCUT2D eigenvalue weighted by atomic mass is 32.2. The van der Waals surface area contributed by atoms with E-state index >= 15 is 0 Å². The number of phenols is 2. The number of hydrogen-bond acceptors (Lipinski definition) is 7. The van der Waals surface area contributed by atoms with E-state index in [9.17, 15) is 10.2 Å². The van der Waals surface area contributed by atoms with Crippen molar-refractivity contribution in [1.29, 1.82) is 0 Å². The predicted molar refractivity (Wildman–Crippen MR) is 94.4 cm³/mol. The van der Waals surface area contributed by atoms with E-state index in [1.165, 1.54) is 11.8 Å². The minimum Gasteiger partial charge on any atom is -0.507 e. The lowest BCUT2D eigenvalue weighted by molar-refractivity contribution is 0.452. The van der Waals surface area contributed by atoms with Gasteiger partial charge in [-0.3, -0.25) is 4.98 Å². The summed E-state index contributed by atoms with van der Waals surface area (Å²) >= 11 is 1.38. The van der Waals surface area contributed by atoms with Crippen LogP contribution in [0.2, 0.25) is 0 Å². The summed E-state index contributed by atoms with van der Waals surface area (Å²) in [5.41, 5.74) is 2.08. The number of pyridine rings is 1. The average molecular weight is 351 g/mol. The molecule has 4 aromatic rings. The first kappa shape index (κ1) is 15.5. The molecule has 2 aromatic heterocycles. The lowest BCUT2D eigenvalue weighted by Crippen LogP contribution is -1.87. The van der Waals surface area contributed by atoms with Crippen LogP contribution in [0, 0.1) is 0 Å². The third-order valence-electron chi connectivity index (χ3n) is 3.73. The van der Waals surface area contributed by atoms with Crippen molar-refractivity contribution in [2.45, 2.75) is 11.0 Å². The van der Waals surface area contributed by atoms with E-state index < -0.39 is 0 Å². The summed E-state index contributed by atoms with van der Waals surface area (Å²) in [5, 5.41) is 29.1. The van der Waals surface area contributed by atoms with Gasteiger partial charge in [-0.1, -0.05) is 36.0 Å². The maximum atomic E-state index is 9.90. The zero-order chi connectivity index (χ0) is 17.2. The fourth-order valence-corrected chi connectivity index (χ4v) is 3.28. The van der Waals surface area contributed by atoms with Crippen molar-refractivity contribution in [1.82, 2.24) is 15.2 Å². The summed E-state index contributed by atoms with van der Waals surface area (Å²) in [7, 11) is 0. The predicted octanol–water partition coefficient (Wildman–Crippen LogP) is 3.99. The zero-order valence-electron chi connectivity index (χ0n) is 13.0. The summed E-state index contributed by atoms with van der Waals surface area (Å²) in [6.07, 6.45) is 1.65. The number of benzene rings is 2. The summed E-state index contributed by atoms with van der Waals surface area (Å²) in [5.74, 6) is 1.12. The third kappa shape index (κ3) is 3.01. The standard InChI is InChI=1S/C18H13N3O3S/c22-14-6-2-1-4-13(14)17-20-21-18(24-17)25-10-11-7-8-15(23)16-12(11)5-3-9-19-16/h1-9,22-23H,10H2. The molecule has 7 heteroatoms. The second kappa shape index (κ2) is 6.45. The molecule has 4 rings (SSSR count). The summed E-state index contributed by atoms with van der Waals surface area (Å²) in [6, 6.07) is 14.0. The van der Waals surface area contributed by atoms with E-state index in [-0.39, 0.29) is 17.4 Å². The number of thioether (sulfide) groups is 1. The molecular formula is C18H13N3O3S. The first-order chi connectivity index (χ1) is 12.2. The number of phenolic OH excluding ortho intramolecular Hbond substituents is 2. The van der Waals surface area contributed by atoms with Crippen molar-refractivity contribution in [2.24, 2.45) is 0 Å². The Morgan fingerprint density at radius 2 is 1.80 bits per heavy atom. The Balaban J connectivity index is 1.57. The number of hydrogen-bond donors (Lipinski definition) is 2. The van der Waals surface area contributed by atoms with Crippen molar-refractivity contribution in [3.8, 4) is 23.0 Å².